The Labute approximate surface area is 54.7 Å². The van der Waals surface area contributed by atoms with Gasteiger partial charge in [-0.05, 0) is 0 Å². The number of aliphatic hydroxyl groups is 1. The van der Waals surface area contributed by atoms with Crippen molar-refractivity contribution in [3.63, 3.8) is 0 Å². The van der Waals surface area contributed by atoms with E-state index in [4.69, 9.17) is 10.4 Å². The van der Waals surface area contributed by atoms with Crippen molar-refractivity contribution in [2.45, 2.75) is 0 Å². The summed E-state index contributed by atoms with van der Waals surface area (Å²) in [5.74, 6) is 0. The molecule has 0 saturated heterocycles. The molecule has 0 atom stereocenters. The summed E-state index contributed by atoms with van der Waals surface area (Å²) >= 11 is 0. The Morgan fingerprint density at radius 3 is 1.60 bits per heavy atom. The molecule has 1 N–H and O–H groups in total. The molecule has 0 aromatic carbocycles. The first-order chi connectivity index (χ1) is 1.41. The summed E-state index contributed by atoms with van der Waals surface area (Å²) in [4.78, 5) is 0. The molecule has 24 valence electrons. The van der Waals surface area contributed by atoms with Gasteiger partial charge in [-0.2, -0.15) is 5.26 Å². The van der Waals surface area contributed by atoms with E-state index in [1.807, 2.05) is 0 Å². The Morgan fingerprint density at radius 1 is 1.60 bits per heavy atom. The first-order valence-electron chi connectivity index (χ1n) is 0.447. The van der Waals surface area contributed by atoms with Crippen molar-refractivity contribution in [2.24, 2.45) is 0 Å². The summed E-state index contributed by atoms with van der Waals surface area (Å²) < 4.78 is 0. The number of hydrogen-bond acceptors (Lipinski definition) is 2. The van der Waals surface area contributed by atoms with Gasteiger partial charge in [0, 0.05) is 0 Å². The van der Waals surface area contributed by atoms with Gasteiger partial charge in [0.05, 0.1) is 8.41 Å². The van der Waals surface area contributed by atoms with Crippen LogP contribution in [0.2, 0.25) is 0 Å². The fourth-order valence-corrected chi connectivity index (χ4v) is 0. The third kappa shape index (κ3) is 192. The summed E-state index contributed by atoms with van der Waals surface area (Å²) in [6, 6.07) is 0. The van der Waals surface area contributed by atoms with Crippen LogP contribution in [-0.2, 0) is 0 Å². The Bertz CT molecular complexity index is 33.1. The predicted molar refractivity (Wildman–Crippen MR) is 24.6 cm³/mol. The number of hydrogen-bond donors (Lipinski definition) is 1. The minimum atomic E-state index is 0. The molecule has 0 aliphatic carbocycles. The molecule has 0 bridgehead atoms. The van der Waals surface area contributed by atoms with E-state index in [2.05, 4.69) is 0 Å². The first kappa shape index (κ1) is 18.3. The maximum atomic E-state index is 6.88. The normalized spacial score (nSPS) is 1.40. The average molecular weight is 80.9 g/mol. The number of rotatable bonds is 0. The summed E-state index contributed by atoms with van der Waals surface area (Å²) in [5.41, 5.74) is 0. The van der Waals surface area contributed by atoms with Gasteiger partial charge in [-0.15, -0.1) is 0 Å². The van der Waals surface area contributed by atoms with Crippen molar-refractivity contribution < 1.29 is 5.11 Å². The van der Waals surface area contributed by atoms with E-state index in [1.54, 1.807) is 0 Å². The Morgan fingerprint density at radius 2 is 1.60 bits per heavy atom. The van der Waals surface area contributed by atoms with E-state index >= 15 is 0 Å². The monoisotopic (exact) mass is 81.0 g/mol. The fourth-order valence-electron chi connectivity index (χ4n) is 0. The van der Waals surface area contributed by atoms with Crippen LogP contribution in [-0.4, -0.2) is 43.1 Å². The second kappa shape index (κ2) is 26.7. The number of nitrogens with zero attached hydrogens (tertiary/aromatic N) is 1. The summed E-state index contributed by atoms with van der Waals surface area (Å²) in [6.45, 7) is 0. The molecule has 5 heavy (non-hydrogen) atoms. The molecule has 2 nitrogen and oxygen atoms in total. The van der Waals surface area contributed by atoms with Gasteiger partial charge in [-0.3, -0.25) is 0 Å². The van der Waals surface area contributed by atoms with E-state index in [9.17, 15) is 0 Å². The number of aliphatic hydroxyl groups excluding tert-OH is 1. The van der Waals surface area contributed by atoms with Crippen molar-refractivity contribution in [1.29, 1.82) is 5.26 Å². The molecule has 0 spiro atoms. The van der Waals surface area contributed by atoms with Crippen molar-refractivity contribution in [1.82, 2.24) is 0 Å². The zero-order valence-electron chi connectivity index (χ0n) is 1.39. The van der Waals surface area contributed by atoms with E-state index in [1.165, 1.54) is 0 Å². The van der Waals surface area contributed by atoms with Crippen molar-refractivity contribution in [3.05, 3.63) is 0 Å². The van der Waals surface area contributed by atoms with Gasteiger partial charge in [-0.1, -0.05) is 0 Å². The molecule has 0 aromatic rings. The molecule has 0 rings (SSSR count). The Kier molecular flexibility index (Phi) is 97.8. The van der Waals surface area contributed by atoms with Gasteiger partial charge in [0.2, 0.25) is 0 Å². The quantitative estimate of drug-likeness (QED) is 0.271. The van der Waals surface area contributed by atoms with Crippen LogP contribution in [0.3, 0.4) is 0 Å². The maximum absolute atomic E-state index is 6.88. The molecular formula is CH5BNNaO. The van der Waals surface area contributed by atoms with Crippen molar-refractivity contribution in [2.75, 3.05) is 0 Å². The zero-order chi connectivity index (χ0) is 2.71. The van der Waals surface area contributed by atoms with Crippen LogP contribution in [0.1, 0.15) is 0 Å². The summed E-state index contributed by atoms with van der Waals surface area (Å²) in [6.07, 6.45) is 0.750. The molecule has 0 fully saturated rings. The Hall–Kier alpha value is 0.355. The second-order valence-corrected chi connectivity index (χ2v) is 0.100. The van der Waals surface area contributed by atoms with Crippen LogP contribution in [0.4, 0.5) is 0 Å². The van der Waals surface area contributed by atoms with Crippen molar-refractivity contribution >= 4 is 38.0 Å². The van der Waals surface area contributed by atoms with Crippen LogP contribution in [0, 0.1) is 11.5 Å². The molecule has 0 aliphatic rings. The van der Waals surface area contributed by atoms with E-state index in [0.717, 1.165) is 6.26 Å². The molecule has 0 saturated carbocycles. The second-order valence-electron chi connectivity index (χ2n) is 0.100. The average Bonchev–Trinajstić information content (AvgIpc) is 0.918. The summed E-state index contributed by atoms with van der Waals surface area (Å²) in [7, 11) is 0. The molecule has 0 radical (unpaired) electrons. The van der Waals surface area contributed by atoms with Crippen LogP contribution in [0.25, 0.3) is 0 Å². The van der Waals surface area contributed by atoms with Crippen LogP contribution in [0.15, 0.2) is 0 Å². The molecular weight excluding hydrogens is 75.8 g/mol. The minimum absolute atomic E-state index is 0. The van der Waals surface area contributed by atoms with Gasteiger partial charge >= 0.3 is 29.6 Å². The third-order valence-electron chi connectivity index (χ3n) is 0. The Balaban J connectivity index is -0.0000000200. The fraction of sp³-hybridized carbons (Fsp3) is 0. The number of nitriles is 1. The van der Waals surface area contributed by atoms with Crippen LogP contribution >= 0.6 is 0 Å². The van der Waals surface area contributed by atoms with Crippen LogP contribution < -0.4 is 0 Å². The molecule has 0 heterocycles. The molecule has 0 unspecified atom stereocenters. The summed E-state index contributed by atoms with van der Waals surface area (Å²) in [5, 5.41) is 13.8. The zero-order valence-corrected chi connectivity index (χ0v) is 1.39. The van der Waals surface area contributed by atoms with Gasteiger partial charge in [0.25, 0.3) is 6.26 Å². The van der Waals surface area contributed by atoms with Gasteiger partial charge < -0.3 is 5.11 Å². The van der Waals surface area contributed by atoms with Gasteiger partial charge in [-0.25, -0.2) is 0 Å². The standard InChI is InChI=1S/CHNO.BH3.Na.H/c2-1-3;;;/h3H;1H3;;. The van der Waals surface area contributed by atoms with Crippen LogP contribution in [0.5, 0.6) is 0 Å². The van der Waals surface area contributed by atoms with Crippen molar-refractivity contribution in [3.8, 4) is 6.26 Å². The van der Waals surface area contributed by atoms with E-state index in [-0.39, 0.29) is 38.0 Å². The predicted octanol–water partition coefficient (Wildman–Crippen LogP) is -1.99. The van der Waals surface area contributed by atoms with Gasteiger partial charge in [0.15, 0.2) is 0 Å². The molecule has 4 heteroatoms. The van der Waals surface area contributed by atoms with E-state index < -0.39 is 0 Å². The van der Waals surface area contributed by atoms with Gasteiger partial charge in [0.1, 0.15) is 0 Å². The van der Waals surface area contributed by atoms with E-state index in [0.29, 0.717) is 0 Å². The third-order valence-corrected chi connectivity index (χ3v) is 0. The topological polar surface area (TPSA) is 44.0 Å². The first-order valence-corrected chi connectivity index (χ1v) is 0.447. The molecule has 0 amide bonds. The SMILES string of the molecule is B.N#CO.[NaH]. The molecule has 0 aromatic heterocycles. The molecule has 0 aliphatic heterocycles.